The van der Waals surface area contributed by atoms with Crippen LogP contribution < -0.4 is 5.32 Å². The second-order valence-electron chi connectivity index (χ2n) is 3.88. The molecule has 0 aliphatic heterocycles. The highest BCUT2D eigenvalue weighted by Gasteiger charge is 2.22. The third-order valence-electron chi connectivity index (χ3n) is 2.64. The van der Waals surface area contributed by atoms with Crippen LogP contribution >= 0.6 is 11.5 Å². The van der Waals surface area contributed by atoms with Crippen molar-refractivity contribution in [1.82, 2.24) is 9.36 Å². The summed E-state index contributed by atoms with van der Waals surface area (Å²) in [5, 5.41) is 13.2. The van der Waals surface area contributed by atoms with E-state index in [9.17, 15) is 0 Å². The summed E-state index contributed by atoms with van der Waals surface area (Å²) in [6, 6.07) is 0. The van der Waals surface area contributed by atoms with Gasteiger partial charge in [-0.2, -0.15) is 4.37 Å². The maximum Gasteiger partial charge on any atom is 0.202 e. The molecule has 1 atom stereocenters. The number of aryl methyl sites for hydroxylation is 1. The van der Waals surface area contributed by atoms with Crippen molar-refractivity contribution in [3.05, 3.63) is 5.82 Å². The second-order valence-corrected chi connectivity index (χ2v) is 4.63. The van der Waals surface area contributed by atoms with Gasteiger partial charge in [0.05, 0.1) is 0 Å². The number of hydrogen-bond donors (Lipinski definition) is 2. The Balaban J connectivity index is 2.65. The van der Waals surface area contributed by atoms with Crippen molar-refractivity contribution in [2.45, 2.75) is 45.6 Å². The summed E-state index contributed by atoms with van der Waals surface area (Å²) < 4.78 is 4.22. The van der Waals surface area contributed by atoms with E-state index in [1.54, 1.807) is 0 Å². The number of aromatic nitrogens is 2. The van der Waals surface area contributed by atoms with Crippen LogP contribution in [0.2, 0.25) is 0 Å². The predicted molar refractivity (Wildman–Crippen MR) is 63.3 cm³/mol. The van der Waals surface area contributed by atoms with E-state index in [4.69, 9.17) is 5.11 Å². The van der Waals surface area contributed by atoms with Crippen molar-refractivity contribution < 1.29 is 5.11 Å². The SMILES string of the molecule is CCc1nsc(NC(C)(CC)CCO)n1. The van der Waals surface area contributed by atoms with E-state index in [2.05, 4.69) is 28.5 Å². The quantitative estimate of drug-likeness (QED) is 0.784. The zero-order valence-electron chi connectivity index (χ0n) is 9.58. The third-order valence-corrected chi connectivity index (χ3v) is 3.31. The van der Waals surface area contributed by atoms with Crippen LogP contribution in [0.25, 0.3) is 0 Å². The molecule has 0 aromatic carbocycles. The Morgan fingerprint density at radius 1 is 1.47 bits per heavy atom. The number of aliphatic hydroxyl groups is 1. The Morgan fingerprint density at radius 2 is 2.20 bits per heavy atom. The van der Waals surface area contributed by atoms with Gasteiger partial charge in [0.15, 0.2) is 0 Å². The third kappa shape index (κ3) is 3.43. The van der Waals surface area contributed by atoms with E-state index in [-0.39, 0.29) is 12.1 Å². The molecule has 0 saturated heterocycles. The van der Waals surface area contributed by atoms with Crippen LogP contribution in [0.5, 0.6) is 0 Å². The number of rotatable bonds is 6. The van der Waals surface area contributed by atoms with Crippen LogP contribution in [0.4, 0.5) is 5.13 Å². The fraction of sp³-hybridized carbons (Fsp3) is 0.800. The molecule has 1 aromatic heterocycles. The van der Waals surface area contributed by atoms with Crippen LogP contribution in [-0.2, 0) is 6.42 Å². The minimum absolute atomic E-state index is 0.0840. The van der Waals surface area contributed by atoms with Crippen LogP contribution in [-0.4, -0.2) is 26.6 Å². The minimum Gasteiger partial charge on any atom is -0.396 e. The summed E-state index contributed by atoms with van der Waals surface area (Å²) in [6.45, 7) is 6.43. The molecule has 0 aliphatic rings. The first kappa shape index (κ1) is 12.4. The summed E-state index contributed by atoms with van der Waals surface area (Å²) >= 11 is 1.39. The van der Waals surface area contributed by atoms with Gasteiger partial charge in [-0.15, -0.1) is 0 Å². The maximum absolute atomic E-state index is 8.99. The van der Waals surface area contributed by atoms with E-state index < -0.39 is 0 Å². The highest BCUT2D eigenvalue weighted by Crippen LogP contribution is 2.22. The largest absolute Gasteiger partial charge is 0.396 e. The molecule has 86 valence electrons. The average Bonchev–Trinajstić information content (AvgIpc) is 2.66. The molecule has 5 heteroatoms. The lowest BCUT2D eigenvalue weighted by Crippen LogP contribution is -2.34. The first-order valence-electron chi connectivity index (χ1n) is 5.35. The molecule has 0 spiro atoms. The van der Waals surface area contributed by atoms with Gasteiger partial charge in [0.25, 0.3) is 0 Å². The van der Waals surface area contributed by atoms with E-state index in [0.29, 0.717) is 0 Å². The van der Waals surface area contributed by atoms with E-state index in [1.165, 1.54) is 11.5 Å². The van der Waals surface area contributed by atoms with Gasteiger partial charge in [-0.25, -0.2) is 4.98 Å². The number of nitrogens with one attached hydrogen (secondary N) is 1. The Morgan fingerprint density at radius 3 is 2.67 bits per heavy atom. The highest BCUT2D eigenvalue weighted by atomic mass is 32.1. The van der Waals surface area contributed by atoms with Crippen molar-refractivity contribution in [1.29, 1.82) is 0 Å². The zero-order valence-corrected chi connectivity index (χ0v) is 10.4. The Bertz CT molecular complexity index is 303. The van der Waals surface area contributed by atoms with Crippen molar-refractivity contribution in [2.24, 2.45) is 0 Å². The summed E-state index contributed by atoms with van der Waals surface area (Å²) in [7, 11) is 0. The predicted octanol–water partition coefficient (Wildman–Crippen LogP) is 2.06. The molecule has 0 saturated carbocycles. The summed E-state index contributed by atoms with van der Waals surface area (Å²) in [5.41, 5.74) is -0.0840. The molecule has 0 bridgehead atoms. The molecule has 15 heavy (non-hydrogen) atoms. The van der Waals surface area contributed by atoms with Crippen molar-refractivity contribution >= 4 is 16.7 Å². The number of hydrogen-bond acceptors (Lipinski definition) is 5. The number of anilines is 1. The lowest BCUT2D eigenvalue weighted by atomic mass is 9.95. The molecule has 1 aromatic rings. The molecule has 2 N–H and O–H groups in total. The van der Waals surface area contributed by atoms with Gasteiger partial charge in [0.2, 0.25) is 5.13 Å². The lowest BCUT2D eigenvalue weighted by molar-refractivity contribution is 0.252. The van der Waals surface area contributed by atoms with Gasteiger partial charge in [-0.3, -0.25) is 0 Å². The molecule has 1 rings (SSSR count). The van der Waals surface area contributed by atoms with Gasteiger partial charge >= 0.3 is 0 Å². The first-order valence-corrected chi connectivity index (χ1v) is 6.12. The Kier molecular flexibility index (Phi) is 4.47. The number of nitrogens with zero attached hydrogens (tertiary/aromatic N) is 2. The van der Waals surface area contributed by atoms with Crippen molar-refractivity contribution in [3.63, 3.8) is 0 Å². The van der Waals surface area contributed by atoms with E-state index >= 15 is 0 Å². The molecule has 1 unspecified atom stereocenters. The van der Waals surface area contributed by atoms with Crippen molar-refractivity contribution in [3.8, 4) is 0 Å². The highest BCUT2D eigenvalue weighted by molar-refractivity contribution is 7.09. The van der Waals surface area contributed by atoms with Crippen LogP contribution in [0.3, 0.4) is 0 Å². The van der Waals surface area contributed by atoms with E-state index in [0.717, 1.165) is 30.2 Å². The molecule has 1 heterocycles. The van der Waals surface area contributed by atoms with Crippen LogP contribution in [0.15, 0.2) is 0 Å². The smallest absolute Gasteiger partial charge is 0.202 e. The topological polar surface area (TPSA) is 58.0 Å². The van der Waals surface area contributed by atoms with Gasteiger partial charge in [0.1, 0.15) is 5.82 Å². The fourth-order valence-electron chi connectivity index (χ4n) is 1.28. The van der Waals surface area contributed by atoms with Gasteiger partial charge in [0, 0.05) is 30.1 Å². The van der Waals surface area contributed by atoms with Gasteiger partial charge < -0.3 is 10.4 Å². The molecule has 0 fully saturated rings. The van der Waals surface area contributed by atoms with Crippen LogP contribution in [0, 0.1) is 0 Å². The fourth-order valence-corrected chi connectivity index (χ4v) is 2.08. The van der Waals surface area contributed by atoms with Gasteiger partial charge in [-0.1, -0.05) is 13.8 Å². The van der Waals surface area contributed by atoms with Crippen LogP contribution in [0.1, 0.15) is 39.4 Å². The molecule has 0 radical (unpaired) electrons. The molecule has 4 nitrogen and oxygen atoms in total. The lowest BCUT2D eigenvalue weighted by Gasteiger charge is -2.28. The molecule has 0 amide bonds. The summed E-state index contributed by atoms with van der Waals surface area (Å²) in [6.07, 6.45) is 2.54. The second kappa shape index (κ2) is 5.42. The first-order chi connectivity index (χ1) is 7.13. The Hall–Kier alpha value is -0.680. The van der Waals surface area contributed by atoms with Crippen molar-refractivity contribution in [2.75, 3.05) is 11.9 Å². The average molecular weight is 229 g/mol. The van der Waals surface area contributed by atoms with Gasteiger partial charge in [-0.05, 0) is 19.8 Å². The molecule has 0 aliphatic carbocycles. The monoisotopic (exact) mass is 229 g/mol. The summed E-state index contributed by atoms with van der Waals surface area (Å²) in [4.78, 5) is 4.36. The standard InChI is InChI=1S/C10H19N3OS/c1-4-8-11-9(15-13-8)12-10(3,5-2)6-7-14/h14H,4-7H2,1-3H3,(H,11,12,13). The molecular weight excluding hydrogens is 210 g/mol. The zero-order chi connectivity index (χ0) is 11.3. The maximum atomic E-state index is 8.99. The number of aliphatic hydroxyl groups excluding tert-OH is 1. The summed E-state index contributed by atoms with van der Waals surface area (Å²) in [5.74, 6) is 0.880. The van der Waals surface area contributed by atoms with E-state index in [1.807, 2.05) is 6.92 Å². The Labute approximate surface area is 94.9 Å². The molecular formula is C10H19N3OS. The normalized spacial score (nSPS) is 14.9. The minimum atomic E-state index is -0.0840.